The summed E-state index contributed by atoms with van der Waals surface area (Å²) in [5.41, 5.74) is 1.51. The van der Waals surface area contributed by atoms with Crippen molar-refractivity contribution in [1.29, 1.82) is 0 Å². The third-order valence-electron chi connectivity index (χ3n) is 3.55. The van der Waals surface area contributed by atoms with Crippen molar-refractivity contribution in [2.45, 2.75) is 24.4 Å². The van der Waals surface area contributed by atoms with Gasteiger partial charge < -0.3 is 5.32 Å². The van der Waals surface area contributed by atoms with E-state index < -0.39 is 0 Å². The van der Waals surface area contributed by atoms with Gasteiger partial charge in [-0.25, -0.2) is 4.98 Å². The number of nitrogens with one attached hydrogen (secondary N) is 2. The van der Waals surface area contributed by atoms with Crippen molar-refractivity contribution in [3.8, 4) is 0 Å². The summed E-state index contributed by atoms with van der Waals surface area (Å²) in [5.74, 6) is 1.05. The molecular weight excluding hydrogens is 300 g/mol. The average molecular weight is 316 g/mol. The van der Waals surface area contributed by atoms with Crippen molar-refractivity contribution in [3.63, 3.8) is 0 Å². The second kappa shape index (κ2) is 6.31. The number of rotatable bonds is 5. The number of fused-ring (bicyclic) bond motifs is 1. The average Bonchev–Trinajstić information content (AvgIpc) is 3.08. The van der Waals surface area contributed by atoms with E-state index in [2.05, 4.69) is 20.5 Å². The monoisotopic (exact) mass is 316 g/mol. The summed E-state index contributed by atoms with van der Waals surface area (Å²) >= 11 is 1.48. The number of Topliss-reactive ketones (excluding diaryl/α,β-unsaturated/α-hetero) is 1. The molecule has 1 aromatic carbocycles. The van der Waals surface area contributed by atoms with Gasteiger partial charge in [0.25, 0.3) is 0 Å². The Bertz CT molecular complexity index is 713. The maximum Gasteiger partial charge on any atom is 0.228 e. The Labute approximate surface area is 132 Å². The summed E-state index contributed by atoms with van der Waals surface area (Å²) in [6, 6.07) is 7.33. The van der Waals surface area contributed by atoms with E-state index in [0.29, 0.717) is 23.0 Å². The van der Waals surface area contributed by atoms with Gasteiger partial charge in [0.1, 0.15) is 5.82 Å². The topological polar surface area (TPSA) is 87.7 Å². The Balaban J connectivity index is 1.52. The van der Waals surface area contributed by atoms with Crippen LogP contribution in [-0.2, 0) is 4.79 Å². The number of hydrogen-bond acceptors (Lipinski definition) is 5. The van der Waals surface area contributed by atoms with Crippen molar-refractivity contribution in [2.75, 3.05) is 12.3 Å². The van der Waals surface area contributed by atoms with Gasteiger partial charge in [0.15, 0.2) is 5.78 Å². The number of amides is 1. The predicted octanol–water partition coefficient (Wildman–Crippen LogP) is 1.69. The molecule has 22 heavy (non-hydrogen) atoms. The molecule has 2 N–H and O–H groups in total. The fourth-order valence-corrected chi connectivity index (χ4v) is 3.22. The molecule has 0 unspecified atom stereocenters. The molecule has 114 valence electrons. The van der Waals surface area contributed by atoms with Crippen LogP contribution in [0.4, 0.5) is 0 Å². The number of nitrogens with zero attached hydrogens (tertiary/aromatic N) is 2. The van der Waals surface area contributed by atoms with Gasteiger partial charge in [-0.1, -0.05) is 36.0 Å². The van der Waals surface area contributed by atoms with Crippen molar-refractivity contribution in [2.24, 2.45) is 0 Å². The van der Waals surface area contributed by atoms with Gasteiger partial charge >= 0.3 is 0 Å². The lowest BCUT2D eigenvalue weighted by Crippen LogP contribution is -2.30. The lowest BCUT2D eigenvalue weighted by Gasteiger charge is -2.11. The standard InChI is InChI=1S/C15H16N4O2S/c1-9-17-15(19-18-9)22-7-6-16-14(21)12-8-13(20)11-5-3-2-4-10(11)12/h2-5,12H,6-8H2,1H3,(H,16,21)(H,17,18,19)/t12-/m0/s1. The molecule has 2 aromatic rings. The first-order valence-electron chi connectivity index (χ1n) is 7.07. The first-order valence-corrected chi connectivity index (χ1v) is 8.05. The van der Waals surface area contributed by atoms with E-state index in [0.717, 1.165) is 11.4 Å². The van der Waals surface area contributed by atoms with E-state index in [4.69, 9.17) is 0 Å². The SMILES string of the molecule is Cc1nc(SCCNC(=O)[C@H]2CC(=O)c3ccccc32)n[nH]1. The first-order chi connectivity index (χ1) is 10.6. The molecule has 0 spiro atoms. The van der Waals surface area contributed by atoms with Crippen LogP contribution in [0.15, 0.2) is 29.4 Å². The molecule has 1 aliphatic rings. The summed E-state index contributed by atoms with van der Waals surface area (Å²) in [4.78, 5) is 28.3. The van der Waals surface area contributed by atoms with Crippen molar-refractivity contribution < 1.29 is 9.59 Å². The highest BCUT2D eigenvalue weighted by Crippen LogP contribution is 2.32. The van der Waals surface area contributed by atoms with Crippen LogP contribution in [0, 0.1) is 6.92 Å². The smallest absolute Gasteiger partial charge is 0.228 e. The van der Waals surface area contributed by atoms with Gasteiger partial charge in [0.05, 0.1) is 5.92 Å². The van der Waals surface area contributed by atoms with Gasteiger partial charge in [-0.3, -0.25) is 14.7 Å². The van der Waals surface area contributed by atoms with Gasteiger partial charge in [0, 0.05) is 24.3 Å². The number of carbonyl (C=O) groups excluding carboxylic acids is 2. The van der Waals surface area contributed by atoms with Crippen LogP contribution in [0.25, 0.3) is 0 Å². The minimum atomic E-state index is -0.362. The Morgan fingerprint density at radius 2 is 2.27 bits per heavy atom. The fraction of sp³-hybridized carbons (Fsp3) is 0.333. The molecule has 0 fully saturated rings. The molecule has 3 rings (SSSR count). The van der Waals surface area contributed by atoms with E-state index in [1.807, 2.05) is 25.1 Å². The highest BCUT2D eigenvalue weighted by Gasteiger charge is 2.33. The van der Waals surface area contributed by atoms with Crippen LogP contribution in [0.2, 0.25) is 0 Å². The summed E-state index contributed by atoms with van der Waals surface area (Å²) in [5, 5.41) is 10.4. The highest BCUT2D eigenvalue weighted by molar-refractivity contribution is 7.99. The van der Waals surface area contributed by atoms with Gasteiger partial charge in [-0.15, -0.1) is 5.10 Å². The second-order valence-electron chi connectivity index (χ2n) is 5.11. The number of aromatic nitrogens is 3. The molecule has 0 bridgehead atoms. The third-order valence-corrected chi connectivity index (χ3v) is 4.40. The van der Waals surface area contributed by atoms with Crippen LogP contribution >= 0.6 is 11.8 Å². The van der Waals surface area contributed by atoms with E-state index in [1.54, 1.807) is 6.07 Å². The number of H-pyrrole nitrogens is 1. The lowest BCUT2D eigenvalue weighted by atomic mass is 10.0. The molecule has 1 atom stereocenters. The van der Waals surface area contributed by atoms with E-state index in [9.17, 15) is 9.59 Å². The number of aromatic amines is 1. The molecule has 1 heterocycles. The van der Waals surface area contributed by atoms with Crippen LogP contribution < -0.4 is 5.32 Å². The number of hydrogen-bond donors (Lipinski definition) is 2. The lowest BCUT2D eigenvalue weighted by molar-refractivity contribution is -0.122. The molecule has 1 aromatic heterocycles. The molecule has 1 aliphatic carbocycles. The van der Waals surface area contributed by atoms with Crippen molar-refractivity contribution in [1.82, 2.24) is 20.5 Å². The van der Waals surface area contributed by atoms with Crippen LogP contribution in [0.1, 0.15) is 34.1 Å². The number of ketones is 1. The zero-order valence-corrected chi connectivity index (χ0v) is 12.9. The molecule has 1 amide bonds. The number of carbonyl (C=O) groups is 2. The largest absolute Gasteiger partial charge is 0.355 e. The quantitative estimate of drug-likeness (QED) is 0.647. The molecule has 0 saturated heterocycles. The summed E-state index contributed by atoms with van der Waals surface area (Å²) in [6.07, 6.45) is 0.262. The van der Waals surface area contributed by atoms with Crippen LogP contribution in [-0.4, -0.2) is 39.2 Å². The van der Waals surface area contributed by atoms with Gasteiger partial charge in [0.2, 0.25) is 11.1 Å². The minimum Gasteiger partial charge on any atom is -0.355 e. The van der Waals surface area contributed by atoms with E-state index in [-0.39, 0.29) is 24.0 Å². The maximum absolute atomic E-state index is 12.3. The number of benzene rings is 1. The number of thioether (sulfide) groups is 1. The maximum atomic E-state index is 12.3. The van der Waals surface area contributed by atoms with Gasteiger partial charge in [-0.05, 0) is 12.5 Å². The minimum absolute atomic E-state index is 0.0429. The zero-order valence-electron chi connectivity index (χ0n) is 12.1. The Morgan fingerprint density at radius 3 is 3.05 bits per heavy atom. The molecule has 0 aliphatic heterocycles. The van der Waals surface area contributed by atoms with Crippen LogP contribution in [0.3, 0.4) is 0 Å². The molecular formula is C15H16N4O2S. The zero-order chi connectivity index (χ0) is 15.5. The molecule has 7 heteroatoms. The third kappa shape index (κ3) is 3.04. The molecule has 0 saturated carbocycles. The predicted molar refractivity (Wildman–Crippen MR) is 83.0 cm³/mol. The first kappa shape index (κ1) is 14.8. The van der Waals surface area contributed by atoms with E-state index in [1.165, 1.54) is 11.8 Å². The Hall–Kier alpha value is -2.15. The molecule has 6 nitrogen and oxygen atoms in total. The Morgan fingerprint density at radius 1 is 1.45 bits per heavy atom. The number of aryl methyl sites for hydroxylation is 1. The summed E-state index contributed by atoms with van der Waals surface area (Å²) in [7, 11) is 0. The second-order valence-corrected chi connectivity index (χ2v) is 6.17. The molecule has 0 radical (unpaired) electrons. The summed E-state index contributed by atoms with van der Waals surface area (Å²) < 4.78 is 0. The van der Waals surface area contributed by atoms with Crippen molar-refractivity contribution in [3.05, 3.63) is 41.2 Å². The van der Waals surface area contributed by atoms with Gasteiger partial charge in [-0.2, -0.15) is 0 Å². The Kier molecular flexibility index (Phi) is 4.24. The highest BCUT2D eigenvalue weighted by atomic mass is 32.2. The fourth-order valence-electron chi connectivity index (χ4n) is 2.52. The van der Waals surface area contributed by atoms with Crippen molar-refractivity contribution >= 4 is 23.5 Å². The van der Waals surface area contributed by atoms with Crippen LogP contribution in [0.5, 0.6) is 0 Å². The van der Waals surface area contributed by atoms with E-state index >= 15 is 0 Å². The summed E-state index contributed by atoms with van der Waals surface area (Å²) in [6.45, 7) is 2.36. The normalized spacial score (nSPS) is 16.6.